The van der Waals surface area contributed by atoms with Crippen molar-refractivity contribution in [3.05, 3.63) is 23.7 Å². The molecule has 0 unspecified atom stereocenters. The van der Waals surface area contributed by atoms with Crippen LogP contribution in [0.15, 0.2) is 16.5 Å². The highest BCUT2D eigenvalue weighted by molar-refractivity contribution is 5.97. The first-order valence-corrected chi connectivity index (χ1v) is 5.61. The molecule has 2 rings (SSSR count). The lowest BCUT2D eigenvalue weighted by molar-refractivity contribution is -0.150. The van der Waals surface area contributed by atoms with Gasteiger partial charge in [0.1, 0.15) is 18.1 Å². The molecule has 0 bridgehead atoms. The van der Waals surface area contributed by atoms with Gasteiger partial charge in [-0.2, -0.15) is 0 Å². The lowest BCUT2D eigenvalue weighted by Crippen LogP contribution is -2.42. The second kappa shape index (κ2) is 4.71. The molecule has 1 saturated heterocycles. The summed E-state index contributed by atoms with van der Waals surface area (Å²) in [6.45, 7) is 1.87. The Labute approximate surface area is 99.0 Å². The van der Waals surface area contributed by atoms with Crippen molar-refractivity contribution in [1.82, 2.24) is 4.90 Å². The second-order valence-corrected chi connectivity index (χ2v) is 4.41. The van der Waals surface area contributed by atoms with Crippen LogP contribution in [-0.2, 0) is 22.7 Å². The fraction of sp³-hybridized carbons (Fsp3) is 0.500. The molecule has 1 aliphatic rings. The van der Waals surface area contributed by atoms with Gasteiger partial charge in [-0.05, 0) is 18.1 Å². The number of imide groups is 1. The Morgan fingerprint density at radius 1 is 1.29 bits per heavy atom. The van der Waals surface area contributed by atoms with Crippen molar-refractivity contribution in [1.29, 1.82) is 0 Å². The molecule has 2 heterocycles. The van der Waals surface area contributed by atoms with Gasteiger partial charge in [0.05, 0.1) is 6.54 Å². The van der Waals surface area contributed by atoms with Gasteiger partial charge in [0.15, 0.2) is 0 Å². The maximum Gasteiger partial charge on any atom is 0.229 e. The third-order valence-corrected chi connectivity index (χ3v) is 2.84. The molecular formula is C12H15NO4. The van der Waals surface area contributed by atoms with E-state index in [9.17, 15) is 9.59 Å². The Balaban J connectivity index is 2.07. The first kappa shape index (κ1) is 11.9. The zero-order chi connectivity index (χ0) is 12.4. The maximum absolute atomic E-state index is 11.7. The van der Waals surface area contributed by atoms with E-state index in [4.69, 9.17) is 9.52 Å². The Bertz CT molecular complexity index is 419. The fourth-order valence-electron chi connectivity index (χ4n) is 1.95. The van der Waals surface area contributed by atoms with E-state index >= 15 is 0 Å². The maximum atomic E-state index is 11.7. The lowest BCUT2D eigenvalue weighted by Gasteiger charge is -2.27. The Morgan fingerprint density at radius 2 is 1.88 bits per heavy atom. The van der Waals surface area contributed by atoms with Crippen molar-refractivity contribution in [3.63, 3.8) is 0 Å². The van der Waals surface area contributed by atoms with E-state index < -0.39 is 0 Å². The van der Waals surface area contributed by atoms with Crippen molar-refractivity contribution < 1.29 is 19.1 Å². The van der Waals surface area contributed by atoms with Gasteiger partial charge in [0, 0.05) is 12.8 Å². The highest BCUT2D eigenvalue weighted by Gasteiger charge is 2.30. The highest BCUT2D eigenvalue weighted by Crippen LogP contribution is 2.21. The van der Waals surface area contributed by atoms with Gasteiger partial charge in [0.2, 0.25) is 11.8 Å². The zero-order valence-electron chi connectivity index (χ0n) is 9.68. The number of piperidine rings is 1. The van der Waals surface area contributed by atoms with Gasteiger partial charge in [-0.3, -0.25) is 14.5 Å². The Hall–Kier alpha value is -1.62. The smallest absolute Gasteiger partial charge is 0.229 e. The van der Waals surface area contributed by atoms with Gasteiger partial charge >= 0.3 is 0 Å². The normalized spacial score (nSPS) is 17.9. The average Bonchev–Trinajstić information content (AvgIpc) is 2.71. The van der Waals surface area contributed by atoms with Crippen molar-refractivity contribution in [2.75, 3.05) is 0 Å². The molecule has 0 aliphatic carbocycles. The number of likely N-dealkylation sites (tertiary alicyclic amines) is 1. The fourth-order valence-corrected chi connectivity index (χ4v) is 1.95. The van der Waals surface area contributed by atoms with Crippen LogP contribution in [0.1, 0.15) is 31.3 Å². The van der Waals surface area contributed by atoms with E-state index in [0.717, 1.165) is 0 Å². The zero-order valence-corrected chi connectivity index (χ0v) is 9.68. The number of rotatable bonds is 3. The van der Waals surface area contributed by atoms with Crippen LogP contribution in [0.3, 0.4) is 0 Å². The number of nitrogens with zero attached hydrogens (tertiary/aromatic N) is 1. The van der Waals surface area contributed by atoms with Crippen LogP contribution >= 0.6 is 0 Å². The Kier molecular flexibility index (Phi) is 3.28. The molecule has 5 nitrogen and oxygen atoms in total. The summed E-state index contributed by atoms with van der Waals surface area (Å²) in [4.78, 5) is 24.6. The summed E-state index contributed by atoms with van der Waals surface area (Å²) in [5, 5.41) is 8.85. The molecule has 17 heavy (non-hydrogen) atoms. The summed E-state index contributed by atoms with van der Waals surface area (Å²) < 4.78 is 5.26. The van der Waals surface area contributed by atoms with Crippen LogP contribution in [-0.4, -0.2) is 21.8 Å². The minimum atomic E-state index is -0.182. The molecule has 1 N–H and O–H groups in total. The van der Waals surface area contributed by atoms with Crippen LogP contribution < -0.4 is 0 Å². The molecule has 5 heteroatoms. The number of hydrogen-bond donors (Lipinski definition) is 1. The minimum absolute atomic E-state index is 0.121. The molecule has 1 aromatic heterocycles. The van der Waals surface area contributed by atoms with Gasteiger partial charge in [-0.25, -0.2) is 0 Å². The third-order valence-electron chi connectivity index (χ3n) is 2.84. The predicted octanol–water partition coefficient (Wildman–Crippen LogP) is 1.06. The minimum Gasteiger partial charge on any atom is -0.462 e. The number of amides is 2. The summed E-state index contributed by atoms with van der Waals surface area (Å²) in [6.07, 6.45) is 0.804. The largest absolute Gasteiger partial charge is 0.462 e. The molecule has 1 aromatic rings. The first-order valence-electron chi connectivity index (χ1n) is 5.61. The summed E-state index contributed by atoms with van der Waals surface area (Å²) >= 11 is 0. The lowest BCUT2D eigenvalue weighted by atomic mass is 9.98. The van der Waals surface area contributed by atoms with Crippen LogP contribution in [0.4, 0.5) is 0 Å². The molecule has 0 aromatic carbocycles. The van der Waals surface area contributed by atoms with E-state index in [1.807, 2.05) is 6.92 Å². The molecule has 0 radical (unpaired) electrons. The van der Waals surface area contributed by atoms with Crippen LogP contribution in [0, 0.1) is 5.92 Å². The van der Waals surface area contributed by atoms with Crippen molar-refractivity contribution in [2.45, 2.75) is 32.9 Å². The molecular weight excluding hydrogens is 222 g/mol. The second-order valence-electron chi connectivity index (χ2n) is 4.41. The van der Waals surface area contributed by atoms with E-state index in [2.05, 4.69) is 0 Å². The summed E-state index contributed by atoms with van der Waals surface area (Å²) in [5.74, 6) is 0.762. The van der Waals surface area contributed by atoms with E-state index in [0.29, 0.717) is 24.4 Å². The number of furan rings is 1. The quantitative estimate of drug-likeness (QED) is 0.798. The molecule has 1 aliphatic heterocycles. The predicted molar refractivity (Wildman–Crippen MR) is 58.6 cm³/mol. The molecule has 0 atom stereocenters. The van der Waals surface area contributed by atoms with Crippen LogP contribution in [0.2, 0.25) is 0 Å². The van der Waals surface area contributed by atoms with Gasteiger partial charge < -0.3 is 9.52 Å². The standard InChI is InChI=1S/C12H15NO4/c1-8-4-11(15)13(12(16)5-8)6-9-2-3-10(7-14)17-9/h2-3,8,14H,4-7H2,1H3. The van der Waals surface area contributed by atoms with Gasteiger partial charge in [0.25, 0.3) is 0 Å². The third kappa shape index (κ3) is 2.55. The van der Waals surface area contributed by atoms with Crippen molar-refractivity contribution >= 4 is 11.8 Å². The molecule has 92 valence electrons. The summed E-state index contributed by atoms with van der Waals surface area (Å²) in [6, 6.07) is 3.31. The van der Waals surface area contributed by atoms with Gasteiger partial charge in [-0.1, -0.05) is 6.92 Å². The monoisotopic (exact) mass is 237 g/mol. The summed E-state index contributed by atoms with van der Waals surface area (Å²) in [5.41, 5.74) is 0. The topological polar surface area (TPSA) is 70.8 Å². The number of aliphatic hydroxyl groups excluding tert-OH is 1. The van der Waals surface area contributed by atoms with Crippen molar-refractivity contribution in [2.24, 2.45) is 5.92 Å². The average molecular weight is 237 g/mol. The SMILES string of the molecule is CC1CC(=O)N(Cc2ccc(CO)o2)C(=O)C1. The highest BCUT2D eigenvalue weighted by atomic mass is 16.4. The van der Waals surface area contributed by atoms with E-state index in [1.54, 1.807) is 12.1 Å². The number of hydrogen-bond acceptors (Lipinski definition) is 4. The molecule has 2 amide bonds. The number of aliphatic hydroxyl groups is 1. The molecule has 0 spiro atoms. The van der Waals surface area contributed by atoms with E-state index in [1.165, 1.54) is 4.90 Å². The van der Waals surface area contributed by atoms with Gasteiger partial charge in [-0.15, -0.1) is 0 Å². The Morgan fingerprint density at radius 3 is 2.41 bits per heavy atom. The van der Waals surface area contributed by atoms with Crippen LogP contribution in [0.5, 0.6) is 0 Å². The first-order chi connectivity index (χ1) is 8.10. The number of carbonyl (C=O) groups is 2. The van der Waals surface area contributed by atoms with Crippen molar-refractivity contribution in [3.8, 4) is 0 Å². The molecule has 1 fully saturated rings. The number of carbonyl (C=O) groups excluding carboxylic acids is 2. The molecule has 0 saturated carbocycles. The summed E-state index contributed by atoms with van der Waals surface area (Å²) in [7, 11) is 0. The van der Waals surface area contributed by atoms with E-state index in [-0.39, 0.29) is 30.9 Å². The van der Waals surface area contributed by atoms with Crippen LogP contribution in [0.25, 0.3) is 0 Å².